The molecule has 236 valence electrons. The number of H-pyrrole nitrogens is 1. The molecule has 1 fully saturated rings. The highest BCUT2D eigenvalue weighted by atomic mass is 32.2. The number of sulfone groups is 1. The van der Waals surface area contributed by atoms with E-state index in [1.54, 1.807) is 30.3 Å². The molecular weight excluding hydrogens is 590 g/mol. The minimum absolute atomic E-state index is 0.0876. The van der Waals surface area contributed by atoms with E-state index in [2.05, 4.69) is 34.1 Å². The van der Waals surface area contributed by atoms with Gasteiger partial charge in [-0.3, -0.25) is 9.80 Å². The summed E-state index contributed by atoms with van der Waals surface area (Å²) in [5, 5.41) is 10.2. The van der Waals surface area contributed by atoms with Crippen LogP contribution in [0.4, 0.5) is 10.5 Å². The SMILES string of the molecule is CN1C(=O)N(C(C)(C)C)Cc2c1cnc1[nH]c(-c3ccc(CN4CCC(S(C)(=O)=O)CC4)cc3)c(-c3ccc(C(=O)O)cc3)c21. The Morgan fingerprint density at radius 2 is 1.64 bits per heavy atom. The van der Waals surface area contributed by atoms with E-state index in [0.717, 1.165) is 64.2 Å². The van der Waals surface area contributed by atoms with Crippen molar-refractivity contribution in [3.63, 3.8) is 0 Å². The third-order valence-electron chi connectivity index (χ3n) is 9.12. The molecule has 0 bridgehead atoms. The summed E-state index contributed by atoms with van der Waals surface area (Å²) in [4.78, 5) is 39.0. The van der Waals surface area contributed by atoms with Crippen molar-refractivity contribution in [1.82, 2.24) is 19.8 Å². The number of benzene rings is 2. The minimum atomic E-state index is -3.01. The maximum Gasteiger partial charge on any atom is 0.335 e. The summed E-state index contributed by atoms with van der Waals surface area (Å²) >= 11 is 0. The highest BCUT2D eigenvalue weighted by Gasteiger charge is 2.37. The number of hydrogen-bond donors (Lipinski definition) is 2. The number of aromatic amines is 1. The van der Waals surface area contributed by atoms with Crippen molar-refractivity contribution < 1.29 is 23.1 Å². The van der Waals surface area contributed by atoms with Crippen molar-refractivity contribution in [2.45, 2.75) is 57.5 Å². The zero-order valence-corrected chi connectivity index (χ0v) is 27.1. The van der Waals surface area contributed by atoms with Gasteiger partial charge in [-0.25, -0.2) is 23.0 Å². The highest BCUT2D eigenvalue weighted by molar-refractivity contribution is 7.91. The number of nitrogens with one attached hydrogen (secondary N) is 1. The number of likely N-dealkylation sites (tertiary alicyclic amines) is 1. The van der Waals surface area contributed by atoms with Gasteiger partial charge in [0.15, 0.2) is 0 Å². The maximum absolute atomic E-state index is 13.3. The van der Waals surface area contributed by atoms with Crippen LogP contribution in [0.2, 0.25) is 0 Å². The van der Waals surface area contributed by atoms with Crippen LogP contribution in [0, 0.1) is 0 Å². The van der Waals surface area contributed by atoms with Crippen LogP contribution >= 0.6 is 0 Å². The number of urea groups is 1. The number of nitrogens with zero attached hydrogens (tertiary/aromatic N) is 4. The second kappa shape index (κ2) is 11.3. The number of carbonyl (C=O) groups excluding carboxylic acids is 1. The van der Waals surface area contributed by atoms with Gasteiger partial charge in [-0.15, -0.1) is 0 Å². The summed E-state index contributed by atoms with van der Waals surface area (Å²) in [5.74, 6) is -0.989. The number of carbonyl (C=O) groups is 2. The van der Waals surface area contributed by atoms with Gasteiger partial charge >= 0.3 is 12.0 Å². The molecule has 0 aliphatic carbocycles. The molecule has 0 unspecified atom stereocenters. The lowest BCUT2D eigenvalue weighted by molar-refractivity contribution is 0.0696. The zero-order chi connectivity index (χ0) is 32.3. The first-order chi connectivity index (χ1) is 21.2. The van der Waals surface area contributed by atoms with Crippen LogP contribution in [0.1, 0.15) is 55.1 Å². The standard InChI is InChI=1S/C34H39N5O5S/c1-34(2,3)39-20-26-27(37(4)33(39)42)18-35-31-29(26)28(22-10-12-24(13-11-22)32(40)41)30(36-31)23-8-6-21(7-9-23)19-38-16-14-25(15-17-38)45(5,43)44/h6-13,18,25H,14-17,19-20H2,1-5H3,(H,35,36)(H,40,41). The Morgan fingerprint density at radius 1 is 1.02 bits per heavy atom. The summed E-state index contributed by atoms with van der Waals surface area (Å²) in [5.41, 5.74) is 6.90. The Labute approximate surface area is 263 Å². The maximum atomic E-state index is 13.3. The van der Waals surface area contributed by atoms with Crippen LogP contribution in [0.5, 0.6) is 0 Å². The van der Waals surface area contributed by atoms with E-state index in [9.17, 15) is 23.1 Å². The second-order valence-electron chi connectivity index (χ2n) is 13.2. The summed E-state index contributed by atoms with van der Waals surface area (Å²) < 4.78 is 23.9. The second-order valence-corrected chi connectivity index (χ2v) is 15.5. The molecule has 2 aliphatic rings. The molecule has 0 radical (unpaired) electrons. The van der Waals surface area contributed by atoms with Crippen LogP contribution in [0.15, 0.2) is 54.7 Å². The van der Waals surface area contributed by atoms with Crippen LogP contribution in [0.3, 0.4) is 0 Å². The van der Waals surface area contributed by atoms with Crippen molar-refractivity contribution in [2.24, 2.45) is 0 Å². The Kier molecular flexibility index (Phi) is 7.73. The fraction of sp³-hybridized carbons (Fsp3) is 0.382. The Balaban J connectivity index is 1.41. The van der Waals surface area contributed by atoms with E-state index in [4.69, 9.17) is 4.98 Å². The molecule has 10 nitrogen and oxygen atoms in total. The number of aromatic nitrogens is 2. The first-order valence-electron chi connectivity index (χ1n) is 15.2. The van der Waals surface area contributed by atoms with E-state index >= 15 is 0 Å². The summed E-state index contributed by atoms with van der Waals surface area (Å²) in [6.07, 6.45) is 4.37. The summed E-state index contributed by atoms with van der Waals surface area (Å²) in [7, 11) is -1.24. The molecule has 2 aromatic carbocycles. The molecule has 4 heterocycles. The molecule has 0 atom stereocenters. The molecule has 0 spiro atoms. The molecule has 45 heavy (non-hydrogen) atoms. The monoisotopic (exact) mass is 629 g/mol. The lowest BCUT2D eigenvalue weighted by Crippen LogP contribution is -2.53. The number of rotatable bonds is 6. The van der Waals surface area contributed by atoms with Crippen molar-refractivity contribution >= 4 is 38.6 Å². The van der Waals surface area contributed by atoms with Gasteiger partial charge < -0.3 is 15.0 Å². The molecular formula is C34H39N5O5S. The van der Waals surface area contributed by atoms with Gasteiger partial charge in [-0.05, 0) is 75.5 Å². The molecule has 6 rings (SSSR count). The number of carboxylic acid groups (broad SMARTS) is 1. The first-order valence-corrected chi connectivity index (χ1v) is 17.1. The van der Waals surface area contributed by atoms with Gasteiger partial charge in [-0.2, -0.15) is 0 Å². The molecule has 0 saturated carbocycles. The Hall–Kier alpha value is -4.22. The topological polar surface area (TPSA) is 127 Å². The zero-order valence-electron chi connectivity index (χ0n) is 26.3. The van der Waals surface area contributed by atoms with Crippen molar-refractivity contribution in [3.8, 4) is 22.4 Å². The molecule has 11 heteroatoms. The molecule has 4 aromatic rings. The molecule has 2 N–H and O–H groups in total. The van der Waals surface area contributed by atoms with Gasteiger partial charge in [0.05, 0.1) is 34.9 Å². The van der Waals surface area contributed by atoms with Gasteiger partial charge in [0.1, 0.15) is 15.5 Å². The summed E-state index contributed by atoms with van der Waals surface area (Å²) in [6.45, 7) is 8.70. The normalized spacial score (nSPS) is 16.8. The van der Waals surface area contributed by atoms with E-state index in [-0.39, 0.29) is 16.8 Å². The molecule has 1 saturated heterocycles. The number of pyridine rings is 1. The van der Waals surface area contributed by atoms with Crippen LogP contribution in [-0.4, -0.2) is 82.5 Å². The van der Waals surface area contributed by atoms with Crippen molar-refractivity contribution in [2.75, 3.05) is 31.3 Å². The lowest BCUT2D eigenvalue weighted by Gasteiger charge is -2.42. The van der Waals surface area contributed by atoms with Crippen molar-refractivity contribution in [3.05, 3.63) is 71.4 Å². The van der Waals surface area contributed by atoms with Gasteiger partial charge in [0, 0.05) is 41.9 Å². The largest absolute Gasteiger partial charge is 0.478 e. The third-order valence-corrected chi connectivity index (χ3v) is 10.8. The van der Waals surface area contributed by atoms with Crippen molar-refractivity contribution in [1.29, 1.82) is 0 Å². The Morgan fingerprint density at radius 3 is 2.22 bits per heavy atom. The van der Waals surface area contributed by atoms with Crippen LogP contribution in [0.25, 0.3) is 33.4 Å². The van der Waals surface area contributed by atoms with Gasteiger partial charge in [0.2, 0.25) is 0 Å². The molecule has 2 aliphatic heterocycles. The third kappa shape index (κ3) is 5.82. The Bertz CT molecular complexity index is 1880. The summed E-state index contributed by atoms with van der Waals surface area (Å²) in [6, 6.07) is 15.1. The average molecular weight is 630 g/mol. The number of fused-ring (bicyclic) bond motifs is 3. The number of aromatic carboxylic acids is 1. The van der Waals surface area contributed by atoms with E-state index < -0.39 is 21.3 Å². The minimum Gasteiger partial charge on any atom is -0.478 e. The lowest BCUT2D eigenvalue weighted by atomic mass is 9.93. The average Bonchev–Trinajstić information content (AvgIpc) is 3.38. The number of carboxylic acids is 1. The van der Waals surface area contributed by atoms with E-state index in [1.807, 2.05) is 37.8 Å². The van der Waals surface area contributed by atoms with Crippen LogP contribution in [-0.2, 0) is 22.9 Å². The number of anilines is 1. The predicted octanol–water partition coefficient (Wildman–Crippen LogP) is 5.77. The van der Waals surface area contributed by atoms with E-state index in [1.165, 1.54) is 6.26 Å². The first kappa shape index (κ1) is 30.8. The number of hydrogen-bond acceptors (Lipinski definition) is 6. The predicted molar refractivity (Wildman–Crippen MR) is 176 cm³/mol. The number of amides is 2. The smallest absolute Gasteiger partial charge is 0.335 e. The van der Waals surface area contributed by atoms with Gasteiger partial charge in [0.25, 0.3) is 0 Å². The molecule has 2 aromatic heterocycles. The highest BCUT2D eigenvalue weighted by Crippen LogP contribution is 2.44. The van der Waals surface area contributed by atoms with E-state index in [0.29, 0.717) is 25.0 Å². The van der Waals surface area contributed by atoms with Gasteiger partial charge in [-0.1, -0.05) is 36.4 Å². The molecule has 2 amide bonds. The van der Waals surface area contributed by atoms with Crippen LogP contribution < -0.4 is 4.90 Å². The quantitative estimate of drug-likeness (QED) is 0.277. The number of piperidine rings is 1. The fourth-order valence-corrected chi connectivity index (χ4v) is 7.57. The fourth-order valence-electron chi connectivity index (χ4n) is 6.51.